The Morgan fingerprint density at radius 3 is 2.91 bits per heavy atom. The van der Waals surface area contributed by atoms with Gasteiger partial charge >= 0.3 is 0 Å². The molecular formula is C16H18FN3O2. The Morgan fingerprint density at radius 1 is 1.36 bits per heavy atom. The number of carbonyl (C=O) groups is 1. The molecule has 0 radical (unpaired) electrons. The first-order chi connectivity index (χ1) is 10.7. The number of hydrogen-bond donors (Lipinski definition) is 1. The van der Waals surface area contributed by atoms with Crippen LogP contribution in [0.2, 0.25) is 0 Å². The first-order valence-corrected chi connectivity index (χ1v) is 7.42. The fraction of sp³-hybridized carbons (Fsp3) is 0.375. The van der Waals surface area contributed by atoms with Crippen LogP contribution in [0, 0.1) is 5.82 Å². The maximum absolute atomic E-state index is 12.9. The Bertz CT molecular complexity index is 633. The average molecular weight is 303 g/mol. The summed E-state index contributed by atoms with van der Waals surface area (Å²) in [6.07, 6.45) is 3.92. The molecule has 2 aromatic rings. The highest BCUT2D eigenvalue weighted by Crippen LogP contribution is 2.12. The number of nitrogens with one attached hydrogen (secondary N) is 1. The van der Waals surface area contributed by atoms with Gasteiger partial charge in [0.25, 0.3) is 0 Å². The van der Waals surface area contributed by atoms with E-state index in [1.165, 1.54) is 12.1 Å². The van der Waals surface area contributed by atoms with Gasteiger partial charge in [0.05, 0.1) is 11.4 Å². The second kappa shape index (κ2) is 6.70. The lowest BCUT2D eigenvalue weighted by Crippen LogP contribution is -2.35. The normalized spacial score (nSPS) is 17.6. The summed E-state index contributed by atoms with van der Waals surface area (Å²) >= 11 is 0. The van der Waals surface area contributed by atoms with E-state index in [1.807, 2.05) is 12.3 Å². The molecule has 1 aromatic heterocycles. The zero-order valence-corrected chi connectivity index (χ0v) is 12.2. The van der Waals surface area contributed by atoms with Crippen LogP contribution in [0.4, 0.5) is 4.39 Å². The molecule has 1 aliphatic rings. The van der Waals surface area contributed by atoms with Gasteiger partial charge in [0.15, 0.2) is 0 Å². The monoisotopic (exact) mass is 303 g/mol. The van der Waals surface area contributed by atoms with Crippen molar-refractivity contribution in [3.05, 3.63) is 48.0 Å². The van der Waals surface area contributed by atoms with Gasteiger partial charge in [-0.25, -0.2) is 9.07 Å². The minimum Gasteiger partial charge on any atom is -0.368 e. The van der Waals surface area contributed by atoms with Crippen LogP contribution in [0.1, 0.15) is 18.5 Å². The van der Waals surface area contributed by atoms with Crippen LogP contribution in [0.3, 0.4) is 0 Å². The largest absolute Gasteiger partial charge is 0.368 e. The summed E-state index contributed by atoms with van der Waals surface area (Å²) in [5.41, 5.74) is 1.67. The number of aromatic nitrogens is 2. The molecule has 0 aliphatic carbocycles. The third-order valence-electron chi connectivity index (χ3n) is 3.64. The highest BCUT2D eigenvalue weighted by molar-refractivity contribution is 5.80. The molecule has 5 nitrogen and oxygen atoms in total. The highest BCUT2D eigenvalue weighted by atomic mass is 19.1. The van der Waals surface area contributed by atoms with E-state index >= 15 is 0 Å². The van der Waals surface area contributed by atoms with Crippen molar-refractivity contribution in [2.24, 2.45) is 0 Å². The van der Waals surface area contributed by atoms with Crippen molar-refractivity contribution >= 4 is 5.91 Å². The van der Waals surface area contributed by atoms with Crippen LogP contribution >= 0.6 is 0 Å². The Hall–Kier alpha value is -2.21. The number of benzene rings is 1. The third kappa shape index (κ3) is 3.51. The lowest BCUT2D eigenvalue weighted by atomic mass is 10.2. The summed E-state index contributed by atoms with van der Waals surface area (Å²) in [7, 11) is 0. The van der Waals surface area contributed by atoms with Gasteiger partial charge in [0, 0.05) is 25.8 Å². The molecular weight excluding hydrogens is 285 g/mol. The number of ether oxygens (including phenoxy) is 1. The average Bonchev–Trinajstić information content (AvgIpc) is 3.19. The van der Waals surface area contributed by atoms with E-state index in [0.29, 0.717) is 19.6 Å². The SMILES string of the molecule is O=C(NCCc1ccn(-c2ccc(F)cc2)n1)[C@@H]1CCCO1. The van der Waals surface area contributed by atoms with Crippen molar-refractivity contribution in [3.63, 3.8) is 0 Å². The molecule has 6 heteroatoms. The maximum Gasteiger partial charge on any atom is 0.249 e. The molecule has 1 N–H and O–H groups in total. The minimum atomic E-state index is -0.295. The zero-order chi connectivity index (χ0) is 15.4. The number of carbonyl (C=O) groups excluding carboxylic acids is 1. The van der Waals surface area contributed by atoms with Crippen molar-refractivity contribution in [3.8, 4) is 5.69 Å². The minimum absolute atomic E-state index is 0.0459. The molecule has 116 valence electrons. The van der Waals surface area contributed by atoms with E-state index in [-0.39, 0.29) is 17.8 Å². The highest BCUT2D eigenvalue weighted by Gasteiger charge is 2.22. The van der Waals surface area contributed by atoms with Crippen molar-refractivity contribution in [1.29, 1.82) is 0 Å². The number of halogens is 1. The first kappa shape index (κ1) is 14.7. The smallest absolute Gasteiger partial charge is 0.249 e. The van der Waals surface area contributed by atoms with E-state index in [4.69, 9.17) is 4.74 Å². The van der Waals surface area contributed by atoms with E-state index in [0.717, 1.165) is 24.2 Å². The molecule has 0 saturated carbocycles. The van der Waals surface area contributed by atoms with Crippen LogP contribution in [-0.4, -0.2) is 34.9 Å². The van der Waals surface area contributed by atoms with Gasteiger partial charge in [-0.05, 0) is 43.2 Å². The van der Waals surface area contributed by atoms with Gasteiger partial charge in [0.1, 0.15) is 11.9 Å². The Morgan fingerprint density at radius 2 is 2.18 bits per heavy atom. The van der Waals surface area contributed by atoms with E-state index < -0.39 is 0 Å². The summed E-state index contributed by atoms with van der Waals surface area (Å²) in [5, 5.41) is 7.28. The molecule has 2 heterocycles. The number of hydrogen-bond acceptors (Lipinski definition) is 3. The summed E-state index contributed by atoms with van der Waals surface area (Å²) in [5.74, 6) is -0.316. The Labute approximate surface area is 128 Å². The molecule has 1 fully saturated rings. The Balaban J connectivity index is 1.51. The zero-order valence-electron chi connectivity index (χ0n) is 12.2. The molecule has 1 atom stereocenters. The van der Waals surface area contributed by atoms with Gasteiger partial charge in [-0.15, -0.1) is 0 Å². The van der Waals surface area contributed by atoms with E-state index in [2.05, 4.69) is 10.4 Å². The lowest BCUT2D eigenvalue weighted by Gasteiger charge is -2.09. The third-order valence-corrected chi connectivity index (χ3v) is 3.64. The van der Waals surface area contributed by atoms with Crippen LogP contribution in [0.5, 0.6) is 0 Å². The fourth-order valence-corrected chi connectivity index (χ4v) is 2.44. The topological polar surface area (TPSA) is 56.2 Å². The van der Waals surface area contributed by atoms with Crippen LogP contribution in [-0.2, 0) is 16.0 Å². The quantitative estimate of drug-likeness (QED) is 0.917. The molecule has 1 aliphatic heterocycles. The predicted molar refractivity (Wildman–Crippen MR) is 79.2 cm³/mol. The van der Waals surface area contributed by atoms with Gasteiger partial charge < -0.3 is 10.1 Å². The van der Waals surface area contributed by atoms with Crippen LogP contribution in [0.25, 0.3) is 5.69 Å². The predicted octanol–water partition coefficient (Wildman–Crippen LogP) is 1.85. The molecule has 1 saturated heterocycles. The summed E-state index contributed by atoms with van der Waals surface area (Å²) in [6.45, 7) is 1.19. The first-order valence-electron chi connectivity index (χ1n) is 7.42. The number of amides is 1. The van der Waals surface area contributed by atoms with Gasteiger partial charge in [-0.3, -0.25) is 4.79 Å². The second-order valence-electron chi connectivity index (χ2n) is 5.27. The Kier molecular flexibility index (Phi) is 4.48. The molecule has 0 spiro atoms. The van der Waals surface area contributed by atoms with Crippen molar-refractivity contribution in [2.75, 3.05) is 13.2 Å². The van der Waals surface area contributed by atoms with Crippen molar-refractivity contribution in [2.45, 2.75) is 25.4 Å². The summed E-state index contributed by atoms with van der Waals surface area (Å²) in [6, 6.07) is 8.04. The lowest BCUT2D eigenvalue weighted by molar-refractivity contribution is -0.129. The van der Waals surface area contributed by atoms with Crippen LogP contribution in [0.15, 0.2) is 36.5 Å². The van der Waals surface area contributed by atoms with Gasteiger partial charge in [-0.1, -0.05) is 0 Å². The second-order valence-corrected chi connectivity index (χ2v) is 5.27. The summed E-state index contributed by atoms with van der Waals surface area (Å²) in [4.78, 5) is 11.8. The molecule has 3 rings (SSSR count). The molecule has 1 amide bonds. The number of rotatable bonds is 5. The molecule has 0 bridgehead atoms. The fourth-order valence-electron chi connectivity index (χ4n) is 2.44. The number of nitrogens with zero attached hydrogens (tertiary/aromatic N) is 2. The van der Waals surface area contributed by atoms with Gasteiger partial charge in [-0.2, -0.15) is 5.10 Å². The molecule has 1 aromatic carbocycles. The van der Waals surface area contributed by atoms with E-state index in [1.54, 1.807) is 16.8 Å². The molecule has 22 heavy (non-hydrogen) atoms. The van der Waals surface area contributed by atoms with Gasteiger partial charge in [0.2, 0.25) is 5.91 Å². The van der Waals surface area contributed by atoms with Crippen molar-refractivity contribution < 1.29 is 13.9 Å². The standard InChI is InChI=1S/C16H18FN3O2/c17-12-3-5-14(6-4-12)20-10-8-13(19-20)7-9-18-16(21)15-2-1-11-22-15/h3-6,8,10,15H,1-2,7,9,11H2,(H,18,21)/t15-/m0/s1. The van der Waals surface area contributed by atoms with Crippen LogP contribution < -0.4 is 5.32 Å². The molecule has 0 unspecified atom stereocenters. The summed E-state index contributed by atoms with van der Waals surface area (Å²) < 4.78 is 19.9. The van der Waals surface area contributed by atoms with E-state index in [9.17, 15) is 9.18 Å². The maximum atomic E-state index is 12.9. The van der Waals surface area contributed by atoms with Crippen molar-refractivity contribution in [1.82, 2.24) is 15.1 Å².